The van der Waals surface area contributed by atoms with Gasteiger partial charge in [0.2, 0.25) is 0 Å². The Labute approximate surface area is 321 Å². The van der Waals surface area contributed by atoms with Gasteiger partial charge in [0, 0.05) is 27.5 Å². The third-order valence-electron chi connectivity index (χ3n) is 12.5. The van der Waals surface area contributed by atoms with Gasteiger partial charge in [0.15, 0.2) is 5.82 Å². The standard InChI is InChI=1S/C52H39N3/c1-3-37-33(2)38-30-29-36(51-53-46(34-17-6-4-7-18-34)32-47(54-51)35-19-8-5-9-20-35)31-45(38)52(42-24-12-10-21-39(37)42)43-25-13-15-28-49(43)55-48-27-14-11-22-40(48)41-23-16-26-44(52)50(41)55/h4-33,37H,3H2,1-2H3. The van der Waals surface area contributed by atoms with E-state index in [1.165, 1.54) is 60.9 Å². The lowest BCUT2D eigenvalue weighted by atomic mass is 9.61. The zero-order chi connectivity index (χ0) is 36.7. The summed E-state index contributed by atoms with van der Waals surface area (Å²) in [5.74, 6) is 1.36. The van der Waals surface area contributed by atoms with Crippen LogP contribution in [0.5, 0.6) is 0 Å². The van der Waals surface area contributed by atoms with Crippen LogP contribution in [0.3, 0.4) is 0 Å². The highest BCUT2D eigenvalue weighted by Crippen LogP contribution is 2.60. The van der Waals surface area contributed by atoms with Crippen molar-refractivity contribution in [1.82, 2.24) is 14.5 Å². The Bertz CT molecular complexity index is 2880. The van der Waals surface area contributed by atoms with Crippen LogP contribution < -0.4 is 0 Å². The van der Waals surface area contributed by atoms with Crippen LogP contribution in [0.25, 0.3) is 61.4 Å². The van der Waals surface area contributed by atoms with Crippen molar-refractivity contribution in [2.75, 3.05) is 0 Å². The van der Waals surface area contributed by atoms with Gasteiger partial charge in [0.05, 0.1) is 33.5 Å². The van der Waals surface area contributed by atoms with Crippen molar-refractivity contribution in [2.45, 2.75) is 37.5 Å². The number of fused-ring (bicyclic) bond motifs is 11. The molecule has 11 rings (SSSR count). The highest BCUT2D eigenvalue weighted by atomic mass is 15.0. The van der Waals surface area contributed by atoms with Crippen molar-refractivity contribution in [3.05, 3.63) is 209 Å². The quantitative estimate of drug-likeness (QED) is 0.182. The number of hydrogen-bond donors (Lipinski definition) is 0. The van der Waals surface area contributed by atoms with Gasteiger partial charge in [-0.2, -0.15) is 0 Å². The second kappa shape index (κ2) is 12.2. The molecule has 3 atom stereocenters. The second-order valence-corrected chi connectivity index (χ2v) is 15.2. The Hall–Kier alpha value is -6.58. The van der Waals surface area contributed by atoms with Gasteiger partial charge in [-0.25, -0.2) is 9.97 Å². The molecule has 3 heteroatoms. The van der Waals surface area contributed by atoms with Crippen molar-refractivity contribution in [2.24, 2.45) is 0 Å². The van der Waals surface area contributed by atoms with Crippen molar-refractivity contribution in [3.8, 4) is 39.6 Å². The van der Waals surface area contributed by atoms with Crippen molar-refractivity contribution >= 4 is 21.8 Å². The largest absolute Gasteiger partial charge is 0.309 e. The average molecular weight is 706 g/mol. The fourth-order valence-corrected chi connectivity index (χ4v) is 10.2. The first-order valence-corrected chi connectivity index (χ1v) is 19.5. The molecule has 1 aliphatic carbocycles. The smallest absolute Gasteiger partial charge is 0.160 e. The van der Waals surface area contributed by atoms with Gasteiger partial charge < -0.3 is 4.57 Å². The third-order valence-corrected chi connectivity index (χ3v) is 12.5. The molecule has 0 amide bonds. The maximum absolute atomic E-state index is 5.33. The van der Waals surface area contributed by atoms with Gasteiger partial charge in [-0.05, 0) is 75.9 Å². The zero-order valence-corrected chi connectivity index (χ0v) is 30.9. The van der Waals surface area contributed by atoms with E-state index in [2.05, 4.69) is 194 Å². The Morgan fingerprint density at radius 3 is 1.87 bits per heavy atom. The molecule has 262 valence electrons. The van der Waals surface area contributed by atoms with Crippen LogP contribution in [0, 0.1) is 0 Å². The third kappa shape index (κ3) is 4.50. The molecule has 2 aromatic heterocycles. The monoisotopic (exact) mass is 705 g/mol. The summed E-state index contributed by atoms with van der Waals surface area (Å²) in [6.45, 7) is 4.79. The highest BCUT2D eigenvalue weighted by molar-refractivity contribution is 6.12. The molecule has 0 bridgehead atoms. The van der Waals surface area contributed by atoms with E-state index in [1.807, 2.05) is 0 Å². The Kier molecular flexibility index (Phi) is 7.09. The van der Waals surface area contributed by atoms with Gasteiger partial charge in [-0.1, -0.05) is 166 Å². The van der Waals surface area contributed by atoms with Crippen molar-refractivity contribution in [3.63, 3.8) is 0 Å². The molecule has 2 aliphatic rings. The normalized spacial score (nSPS) is 18.1. The molecular weight excluding hydrogens is 667 g/mol. The number of nitrogens with zero attached hydrogens (tertiary/aromatic N) is 3. The summed E-state index contributed by atoms with van der Waals surface area (Å²) in [5, 5.41) is 2.56. The molecule has 0 saturated heterocycles. The fourth-order valence-electron chi connectivity index (χ4n) is 10.2. The minimum absolute atomic E-state index is 0.283. The molecule has 1 aliphatic heterocycles. The lowest BCUT2D eigenvalue weighted by Gasteiger charge is -2.43. The molecule has 0 saturated carbocycles. The van der Waals surface area contributed by atoms with Crippen molar-refractivity contribution in [1.29, 1.82) is 0 Å². The minimum Gasteiger partial charge on any atom is -0.309 e. The van der Waals surface area contributed by atoms with Gasteiger partial charge in [-0.15, -0.1) is 0 Å². The van der Waals surface area contributed by atoms with Gasteiger partial charge in [0.25, 0.3) is 0 Å². The molecule has 0 fully saturated rings. The number of para-hydroxylation sites is 3. The topological polar surface area (TPSA) is 30.7 Å². The first kappa shape index (κ1) is 31.9. The minimum atomic E-state index is -0.597. The fraction of sp³-hybridized carbons (Fsp3) is 0.115. The van der Waals surface area contributed by atoms with E-state index in [4.69, 9.17) is 9.97 Å². The Morgan fingerprint density at radius 1 is 0.509 bits per heavy atom. The molecule has 9 aromatic rings. The lowest BCUT2D eigenvalue weighted by molar-refractivity contribution is 0.561. The number of benzene rings is 7. The van der Waals surface area contributed by atoms with Crippen LogP contribution in [0.1, 0.15) is 65.5 Å². The Morgan fingerprint density at radius 2 is 1.13 bits per heavy atom. The van der Waals surface area contributed by atoms with Gasteiger partial charge >= 0.3 is 0 Å². The summed E-state index contributed by atoms with van der Waals surface area (Å²) >= 11 is 0. The van der Waals surface area contributed by atoms with Crippen LogP contribution in [-0.2, 0) is 5.41 Å². The summed E-state index contributed by atoms with van der Waals surface area (Å²) in [6.07, 6.45) is 1.05. The van der Waals surface area contributed by atoms with Gasteiger partial charge in [-0.3, -0.25) is 0 Å². The number of aromatic nitrogens is 3. The van der Waals surface area contributed by atoms with Crippen LogP contribution in [0.2, 0.25) is 0 Å². The lowest BCUT2D eigenvalue weighted by Crippen LogP contribution is -2.36. The van der Waals surface area contributed by atoms with E-state index in [1.54, 1.807) is 0 Å². The molecule has 55 heavy (non-hydrogen) atoms. The molecule has 3 heterocycles. The molecule has 1 spiro atoms. The van der Waals surface area contributed by atoms with E-state index in [0.29, 0.717) is 5.92 Å². The first-order chi connectivity index (χ1) is 27.2. The molecule has 3 nitrogen and oxygen atoms in total. The summed E-state index contributed by atoms with van der Waals surface area (Å²) < 4.78 is 2.52. The number of hydrogen-bond acceptors (Lipinski definition) is 2. The van der Waals surface area contributed by atoms with Crippen LogP contribution in [-0.4, -0.2) is 14.5 Å². The van der Waals surface area contributed by atoms with E-state index in [9.17, 15) is 0 Å². The summed E-state index contributed by atoms with van der Waals surface area (Å²) in [5.41, 5.74) is 16.3. The first-order valence-electron chi connectivity index (χ1n) is 19.5. The zero-order valence-electron chi connectivity index (χ0n) is 30.9. The maximum atomic E-state index is 5.33. The van der Waals surface area contributed by atoms with Crippen LogP contribution in [0.4, 0.5) is 0 Å². The van der Waals surface area contributed by atoms with E-state index in [-0.39, 0.29) is 5.92 Å². The summed E-state index contributed by atoms with van der Waals surface area (Å²) in [6, 6.07) is 64.5. The average Bonchev–Trinajstić information content (AvgIpc) is 3.56. The molecule has 7 aromatic carbocycles. The summed E-state index contributed by atoms with van der Waals surface area (Å²) in [7, 11) is 0. The van der Waals surface area contributed by atoms with E-state index < -0.39 is 5.41 Å². The molecule has 0 N–H and O–H groups in total. The summed E-state index contributed by atoms with van der Waals surface area (Å²) in [4.78, 5) is 10.7. The SMILES string of the molecule is CCC1c2ccccc2C2(c3cc(-c4nc(-c5ccccc5)cc(-c5ccccc5)n4)ccc3C1C)c1ccccc1-n1c3ccccc3c3cccc2c31. The highest BCUT2D eigenvalue weighted by Gasteiger charge is 2.50. The van der Waals surface area contributed by atoms with Crippen molar-refractivity contribution < 1.29 is 0 Å². The molecule has 3 unspecified atom stereocenters. The molecule has 0 radical (unpaired) electrons. The van der Waals surface area contributed by atoms with Crippen LogP contribution in [0.15, 0.2) is 176 Å². The molecular formula is C52H39N3. The maximum Gasteiger partial charge on any atom is 0.160 e. The second-order valence-electron chi connectivity index (χ2n) is 15.2. The Balaban J connectivity index is 1.28. The van der Waals surface area contributed by atoms with E-state index >= 15 is 0 Å². The van der Waals surface area contributed by atoms with E-state index in [0.717, 1.165) is 40.3 Å². The number of rotatable bonds is 4. The van der Waals surface area contributed by atoms with Gasteiger partial charge in [0.1, 0.15) is 0 Å². The predicted molar refractivity (Wildman–Crippen MR) is 226 cm³/mol. The van der Waals surface area contributed by atoms with Crippen LogP contribution >= 0.6 is 0 Å². The predicted octanol–water partition coefficient (Wildman–Crippen LogP) is 12.9.